The number of carbonyl (C=O) groups excluding carboxylic acids is 1. The maximum Gasteiger partial charge on any atom is 0.241 e. The second-order valence-corrected chi connectivity index (χ2v) is 7.03. The van der Waals surface area contributed by atoms with Gasteiger partial charge in [0.2, 0.25) is 5.91 Å². The first-order chi connectivity index (χ1) is 12.2. The van der Waals surface area contributed by atoms with Gasteiger partial charge in [0.25, 0.3) is 0 Å². The lowest BCUT2D eigenvalue weighted by molar-refractivity contribution is -0.119. The minimum Gasteiger partial charge on any atom is -0.308 e. The van der Waals surface area contributed by atoms with Crippen LogP contribution < -0.4 is 4.90 Å². The van der Waals surface area contributed by atoms with Gasteiger partial charge < -0.3 is 4.90 Å². The normalized spacial score (nSPS) is 20.3. The summed E-state index contributed by atoms with van der Waals surface area (Å²) in [7, 11) is 0. The maximum absolute atomic E-state index is 12.9. The van der Waals surface area contributed by atoms with Crippen LogP contribution in [0.1, 0.15) is 24.5 Å². The Morgan fingerprint density at radius 1 is 1.08 bits per heavy atom. The van der Waals surface area contributed by atoms with Crippen molar-refractivity contribution in [3.63, 3.8) is 0 Å². The molecule has 1 amide bonds. The summed E-state index contributed by atoms with van der Waals surface area (Å²) in [4.78, 5) is 17.1. The highest BCUT2D eigenvalue weighted by Gasteiger charge is 2.31. The van der Waals surface area contributed by atoms with Crippen LogP contribution in [0.2, 0.25) is 0 Å². The van der Waals surface area contributed by atoms with Gasteiger partial charge in [-0.3, -0.25) is 9.69 Å². The Balaban J connectivity index is 1.42. The fraction of sp³-hybridized carbons (Fsp3) is 0.318. The number of fused-ring (bicyclic) bond motifs is 1. The lowest BCUT2D eigenvalue weighted by Gasteiger charge is -2.29. The molecule has 2 aliphatic heterocycles. The van der Waals surface area contributed by atoms with Crippen LogP contribution in [0.25, 0.3) is 5.57 Å². The second-order valence-electron chi connectivity index (χ2n) is 7.03. The second kappa shape index (κ2) is 6.85. The first-order valence-corrected chi connectivity index (χ1v) is 9.09. The van der Waals surface area contributed by atoms with Crippen LogP contribution in [0.4, 0.5) is 5.69 Å². The molecular formula is C22H24N2O. The number of carbonyl (C=O) groups is 1. The minimum absolute atomic E-state index is 0.217. The molecule has 0 saturated heterocycles. The van der Waals surface area contributed by atoms with Crippen LogP contribution in [-0.4, -0.2) is 36.5 Å². The lowest BCUT2D eigenvalue weighted by atomic mass is 9.99. The third kappa shape index (κ3) is 3.24. The number of nitrogens with zero attached hydrogens (tertiary/aromatic N) is 2. The highest BCUT2D eigenvalue weighted by Crippen LogP contribution is 2.32. The molecule has 2 aromatic rings. The molecule has 0 spiro atoms. The molecule has 0 fully saturated rings. The average Bonchev–Trinajstić information content (AvgIpc) is 2.99. The standard InChI is InChI=1S/C22H24N2O/c1-17-15-20-9-5-6-10-21(20)24(17)22(25)16-23-13-11-19(12-14-23)18-7-3-2-4-8-18/h2-11,17H,12-16H2,1H3/t17-/m1/s1. The van der Waals surface area contributed by atoms with E-state index in [1.54, 1.807) is 0 Å². The van der Waals surface area contributed by atoms with E-state index in [0.717, 1.165) is 31.6 Å². The average molecular weight is 332 g/mol. The molecule has 25 heavy (non-hydrogen) atoms. The molecule has 0 N–H and O–H groups in total. The summed E-state index contributed by atoms with van der Waals surface area (Å²) < 4.78 is 0. The van der Waals surface area contributed by atoms with Gasteiger partial charge in [-0.05, 0) is 42.5 Å². The van der Waals surface area contributed by atoms with Crippen molar-refractivity contribution in [2.45, 2.75) is 25.8 Å². The van der Waals surface area contributed by atoms with Gasteiger partial charge >= 0.3 is 0 Å². The van der Waals surface area contributed by atoms with Crippen LogP contribution in [0, 0.1) is 0 Å². The van der Waals surface area contributed by atoms with Crippen LogP contribution in [0.5, 0.6) is 0 Å². The van der Waals surface area contributed by atoms with Crippen molar-refractivity contribution in [2.24, 2.45) is 0 Å². The molecule has 3 heteroatoms. The molecule has 0 aromatic heterocycles. The monoisotopic (exact) mass is 332 g/mol. The number of hydrogen-bond acceptors (Lipinski definition) is 2. The number of benzene rings is 2. The predicted molar refractivity (Wildman–Crippen MR) is 103 cm³/mol. The van der Waals surface area contributed by atoms with Crippen LogP contribution in [-0.2, 0) is 11.2 Å². The first-order valence-electron chi connectivity index (χ1n) is 9.09. The van der Waals surface area contributed by atoms with Crippen molar-refractivity contribution in [3.8, 4) is 0 Å². The quantitative estimate of drug-likeness (QED) is 0.854. The van der Waals surface area contributed by atoms with Gasteiger partial charge in [0, 0.05) is 24.8 Å². The van der Waals surface area contributed by atoms with Crippen molar-refractivity contribution in [2.75, 3.05) is 24.5 Å². The number of rotatable bonds is 3. The van der Waals surface area contributed by atoms with E-state index in [1.807, 2.05) is 17.0 Å². The number of hydrogen-bond donors (Lipinski definition) is 0. The minimum atomic E-state index is 0.217. The summed E-state index contributed by atoms with van der Waals surface area (Å²) >= 11 is 0. The number of anilines is 1. The summed E-state index contributed by atoms with van der Waals surface area (Å²) in [5.41, 5.74) is 5.07. The summed E-state index contributed by atoms with van der Waals surface area (Å²) in [6, 6.07) is 19.1. The van der Waals surface area contributed by atoms with Crippen molar-refractivity contribution in [1.29, 1.82) is 0 Å². The molecule has 0 saturated carbocycles. The van der Waals surface area contributed by atoms with Crippen molar-refractivity contribution >= 4 is 17.2 Å². The zero-order valence-electron chi connectivity index (χ0n) is 14.7. The number of para-hydroxylation sites is 1. The topological polar surface area (TPSA) is 23.6 Å². The van der Waals surface area contributed by atoms with Gasteiger partial charge in [-0.1, -0.05) is 54.6 Å². The Bertz CT molecular complexity index is 797. The molecule has 0 radical (unpaired) electrons. The van der Waals surface area contributed by atoms with Gasteiger partial charge in [0.15, 0.2) is 0 Å². The maximum atomic E-state index is 12.9. The van der Waals surface area contributed by atoms with Crippen LogP contribution >= 0.6 is 0 Å². The summed E-state index contributed by atoms with van der Waals surface area (Å²) in [6.45, 7) is 4.43. The summed E-state index contributed by atoms with van der Waals surface area (Å²) in [5.74, 6) is 0.217. The molecular weight excluding hydrogens is 308 g/mol. The van der Waals surface area contributed by atoms with E-state index in [0.29, 0.717) is 6.54 Å². The molecule has 4 rings (SSSR count). The van der Waals surface area contributed by atoms with Gasteiger partial charge in [-0.2, -0.15) is 0 Å². The molecule has 128 valence electrons. The zero-order valence-corrected chi connectivity index (χ0v) is 14.7. The largest absolute Gasteiger partial charge is 0.308 e. The van der Waals surface area contributed by atoms with Crippen LogP contribution in [0.3, 0.4) is 0 Å². The van der Waals surface area contributed by atoms with E-state index in [-0.39, 0.29) is 11.9 Å². The Kier molecular flexibility index (Phi) is 4.41. The SMILES string of the molecule is C[C@@H]1Cc2ccccc2N1C(=O)CN1CC=C(c2ccccc2)CC1. The van der Waals surface area contributed by atoms with Crippen molar-refractivity contribution in [3.05, 3.63) is 71.8 Å². The third-order valence-electron chi connectivity index (χ3n) is 5.27. The Labute approximate surface area is 149 Å². The predicted octanol–water partition coefficient (Wildman–Crippen LogP) is 3.75. The van der Waals surface area contributed by atoms with Gasteiger partial charge in [0.05, 0.1) is 6.54 Å². The van der Waals surface area contributed by atoms with Gasteiger partial charge in [-0.25, -0.2) is 0 Å². The van der Waals surface area contributed by atoms with Gasteiger partial charge in [-0.15, -0.1) is 0 Å². The molecule has 3 nitrogen and oxygen atoms in total. The van der Waals surface area contributed by atoms with Crippen molar-refractivity contribution < 1.29 is 4.79 Å². The van der Waals surface area contributed by atoms with Crippen LogP contribution in [0.15, 0.2) is 60.7 Å². The smallest absolute Gasteiger partial charge is 0.241 e. The summed E-state index contributed by atoms with van der Waals surface area (Å²) in [6.07, 6.45) is 4.23. The molecule has 0 unspecified atom stereocenters. The molecule has 2 aliphatic rings. The molecule has 1 atom stereocenters. The molecule has 0 aliphatic carbocycles. The first kappa shape index (κ1) is 16.1. The Morgan fingerprint density at radius 2 is 1.84 bits per heavy atom. The molecule has 0 bridgehead atoms. The fourth-order valence-corrected chi connectivity index (χ4v) is 3.98. The molecule has 2 heterocycles. The fourth-order valence-electron chi connectivity index (χ4n) is 3.98. The number of amides is 1. The zero-order chi connectivity index (χ0) is 17.2. The lowest BCUT2D eigenvalue weighted by Crippen LogP contribution is -2.44. The van der Waals surface area contributed by atoms with E-state index in [2.05, 4.69) is 60.4 Å². The van der Waals surface area contributed by atoms with E-state index in [9.17, 15) is 4.79 Å². The van der Waals surface area contributed by atoms with Crippen molar-refractivity contribution in [1.82, 2.24) is 4.90 Å². The third-order valence-corrected chi connectivity index (χ3v) is 5.27. The van der Waals surface area contributed by atoms with E-state index < -0.39 is 0 Å². The van der Waals surface area contributed by atoms with Gasteiger partial charge in [0.1, 0.15) is 0 Å². The highest BCUT2D eigenvalue weighted by molar-refractivity contribution is 5.97. The van der Waals surface area contributed by atoms with E-state index in [4.69, 9.17) is 0 Å². The summed E-state index contributed by atoms with van der Waals surface area (Å²) in [5, 5.41) is 0. The highest BCUT2D eigenvalue weighted by atomic mass is 16.2. The molecule has 2 aromatic carbocycles. The Morgan fingerprint density at radius 3 is 2.60 bits per heavy atom. The van der Waals surface area contributed by atoms with E-state index in [1.165, 1.54) is 16.7 Å². The Hall–Kier alpha value is -2.39. The van der Waals surface area contributed by atoms with E-state index >= 15 is 0 Å².